The zero-order valence-corrected chi connectivity index (χ0v) is 18.1. The summed E-state index contributed by atoms with van der Waals surface area (Å²) in [4.78, 5) is 44.9. The highest BCUT2D eigenvalue weighted by atomic mass is 16.5. The summed E-state index contributed by atoms with van der Waals surface area (Å²) in [6, 6.07) is 5.42. The number of hydrogen-bond donors (Lipinski definition) is 1. The fraction of sp³-hybridized carbons (Fsp3) is 0.455. The summed E-state index contributed by atoms with van der Waals surface area (Å²) in [6.07, 6.45) is 3.69. The monoisotopic (exact) mass is 425 g/mol. The Labute approximate surface area is 180 Å². The maximum Gasteiger partial charge on any atom is 0.257 e. The summed E-state index contributed by atoms with van der Waals surface area (Å²) in [7, 11) is 1.71. The summed E-state index contributed by atoms with van der Waals surface area (Å²) in [6.45, 7) is 6.22. The number of rotatable bonds is 5. The van der Waals surface area contributed by atoms with Gasteiger partial charge >= 0.3 is 0 Å². The Hall–Kier alpha value is -3.20. The van der Waals surface area contributed by atoms with Gasteiger partial charge in [-0.15, -0.1) is 0 Å². The van der Waals surface area contributed by atoms with E-state index in [4.69, 9.17) is 4.74 Å². The Morgan fingerprint density at radius 2 is 2.10 bits per heavy atom. The molecule has 1 fully saturated rings. The van der Waals surface area contributed by atoms with E-state index in [1.165, 1.54) is 11.5 Å². The normalized spacial score (nSPS) is 21.0. The minimum atomic E-state index is -0.860. The van der Waals surface area contributed by atoms with Crippen LogP contribution in [0.15, 0.2) is 35.4 Å². The number of nitrogens with one attached hydrogen (secondary N) is 1. The molecule has 31 heavy (non-hydrogen) atoms. The summed E-state index contributed by atoms with van der Waals surface area (Å²) < 4.78 is 7.99. The van der Waals surface area contributed by atoms with Gasteiger partial charge < -0.3 is 19.5 Å². The third-order valence-corrected chi connectivity index (χ3v) is 5.94. The van der Waals surface area contributed by atoms with Crippen LogP contribution in [-0.4, -0.2) is 63.9 Å². The van der Waals surface area contributed by atoms with Crippen LogP contribution in [0, 0.1) is 0 Å². The molecule has 9 heteroatoms. The van der Waals surface area contributed by atoms with Crippen LogP contribution in [0.3, 0.4) is 0 Å². The van der Waals surface area contributed by atoms with E-state index < -0.39 is 5.60 Å². The second kappa shape index (κ2) is 8.14. The van der Waals surface area contributed by atoms with E-state index in [1.54, 1.807) is 31.6 Å². The predicted molar refractivity (Wildman–Crippen MR) is 115 cm³/mol. The van der Waals surface area contributed by atoms with Gasteiger partial charge in [0.05, 0.1) is 12.1 Å². The van der Waals surface area contributed by atoms with Gasteiger partial charge in [-0.1, -0.05) is 0 Å². The quantitative estimate of drug-likeness (QED) is 0.759. The smallest absolute Gasteiger partial charge is 0.257 e. The molecule has 0 bridgehead atoms. The van der Waals surface area contributed by atoms with Crippen molar-refractivity contribution in [3.63, 3.8) is 0 Å². The molecular formula is C22H27N5O4. The van der Waals surface area contributed by atoms with Gasteiger partial charge in [-0.2, -0.15) is 0 Å². The molecule has 1 N–H and O–H groups in total. The molecule has 2 amide bonds. The highest BCUT2D eigenvalue weighted by Gasteiger charge is 2.45. The molecule has 1 saturated heterocycles. The Kier molecular flexibility index (Phi) is 5.53. The molecule has 2 aliphatic heterocycles. The van der Waals surface area contributed by atoms with E-state index in [-0.39, 0.29) is 17.4 Å². The van der Waals surface area contributed by atoms with Gasteiger partial charge in [0.25, 0.3) is 5.56 Å². The number of aromatic nitrogens is 2. The number of nitrogens with zero attached hydrogens (tertiary/aromatic N) is 4. The van der Waals surface area contributed by atoms with Crippen LogP contribution < -0.4 is 15.6 Å². The standard InChI is InChI=1S/C22H27N5O4/c1-4-27-10-9-26(13-20(27)29)14-22(16-5-7-23-19(11-16)24-15(2)28)12-17-18(31-22)6-8-25(3)21(17)30/h5-8,11H,4,9-10,12-14H2,1-3H3,(H,23,24,28). The third-order valence-electron chi connectivity index (χ3n) is 5.94. The fourth-order valence-electron chi connectivity index (χ4n) is 4.35. The summed E-state index contributed by atoms with van der Waals surface area (Å²) in [5.41, 5.74) is 0.458. The zero-order chi connectivity index (χ0) is 22.2. The van der Waals surface area contributed by atoms with Gasteiger partial charge in [0.1, 0.15) is 11.6 Å². The molecule has 2 aromatic rings. The van der Waals surface area contributed by atoms with Crippen LogP contribution in [-0.2, 0) is 28.7 Å². The number of piperazine rings is 1. The second-order valence-electron chi connectivity index (χ2n) is 8.14. The van der Waals surface area contributed by atoms with E-state index in [2.05, 4.69) is 15.2 Å². The van der Waals surface area contributed by atoms with Crippen LogP contribution in [0.4, 0.5) is 5.82 Å². The number of anilines is 1. The Balaban J connectivity index is 1.71. The third kappa shape index (κ3) is 4.05. The van der Waals surface area contributed by atoms with Crippen molar-refractivity contribution < 1.29 is 14.3 Å². The number of likely N-dealkylation sites (N-methyl/N-ethyl adjacent to an activating group) is 1. The molecule has 2 aliphatic rings. The molecule has 0 radical (unpaired) electrons. The molecule has 0 aliphatic carbocycles. The molecule has 164 valence electrons. The van der Waals surface area contributed by atoms with Crippen molar-refractivity contribution in [2.45, 2.75) is 25.9 Å². The van der Waals surface area contributed by atoms with Crippen molar-refractivity contribution in [1.82, 2.24) is 19.4 Å². The lowest BCUT2D eigenvalue weighted by Crippen LogP contribution is -2.54. The lowest BCUT2D eigenvalue weighted by Gasteiger charge is -2.39. The molecule has 1 unspecified atom stereocenters. The molecule has 9 nitrogen and oxygen atoms in total. The largest absolute Gasteiger partial charge is 0.480 e. The van der Waals surface area contributed by atoms with Crippen molar-refractivity contribution in [3.8, 4) is 5.75 Å². The topological polar surface area (TPSA) is 96.8 Å². The van der Waals surface area contributed by atoms with E-state index >= 15 is 0 Å². The van der Waals surface area contributed by atoms with Crippen LogP contribution in [0.5, 0.6) is 5.75 Å². The van der Waals surface area contributed by atoms with E-state index in [9.17, 15) is 14.4 Å². The molecule has 2 aromatic heterocycles. The number of amides is 2. The highest BCUT2D eigenvalue weighted by molar-refractivity contribution is 5.87. The summed E-state index contributed by atoms with van der Waals surface area (Å²) in [5, 5.41) is 2.71. The van der Waals surface area contributed by atoms with E-state index in [0.29, 0.717) is 49.7 Å². The number of hydrogen-bond acceptors (Lipinski definition) is 6. The molecular weight excluding hydrogens is 398 g/mol. The van der Waals surface area contributed by atoms with Crippen LogP contribution >= 0.6 is 0 Å². The molecule has 0 spiro atoms. The van der Waals surface area contributed by atoms with Gasteiger partial charge in [-0.05, 0) is 25.1 Å². The fourth-order valence-corrected chi connectivity index (χ4v) is 4.35. The minimum Gasteiger partial charge on any atom is -0.480 e. The van der Waals surface area contributed by atoms with Crippen molar-refractivity contribution >= 4 is 17.6 Å². The predicted octanol–water partition coefficient (Wildman–Crippen LogP) is 0.733. The Morgan fingerprint density at radius 3 is 2.81 bits per heavy atom. The van der Waals surface area contributed by atoms with Gasteiger partial charge in [0.2, 0.25) is 11.8 Å². The maximum absolute atomic E-state index is 12.8. The number of fused-ring (bicyclic) bond motifs is 1. The number of aryl methyl sites for hydroxylation is 1. The maximum atomic E-state index is 12.8. The molecule has 1 atom stereocenters. The molecule has 4 rings (SSSR count). The second-order valence-corrected chi connectivity index (χ2v) is 8.14. The molecule has 0 saturated carbocycles. The number of pyridine rings is 2. The average molecular weight is 425 g/mol. The van der Waals surface area contributed by atoms with Gasteiger partial charge in [0, 0.05) is 64.5 Å². The SMILES string of the molecule is CCN1CCN(CC2(c3ccnc(NC(C)=O)c3)Cc3c(ccn(C)c3=O)O2)CC1=O. The van der Waals surface area contributed by atoms with Crippen LogP contribution in [0.1, 0.15) is 25.0 Å². The number of ether oxygens (including phenoxy) is 1. The average Bonchev–Trinajstić information content (AvgIpc) is 3.11. The molecule has 0 aromatic carbocycles. The first-order chi connectivity index (χ1) is 14.8. The Bertz CT molecular complexity index is 1080. The Morgan fingerprint density at radius 1 is 1.29 bits per heavy atom. The van der Waals surface area contributed by atoms with Crippen molar-refractivity contribution in [2.75, 3.05) is 38.0 Å². The van der Waals surface area contributed by atoms with Crippen molar-refractivity contribution in [3.05, 3.63) is 52.1 Å². The summed E-state index contributed by atoms with van der Waals surface area (Å²) in [5.74, 6) is 0.844. The van der Waals surface area contributed by atoms with E-state index in [0.717, 1.165) is 12.1 Å². The van der Waals surface area contributed by atoms with Crippen LogP contribution in [0.2, 0.25) is 0 Å². The molecule has 4 heterocycles. The van der Waals surface area contributed by atoms with Crippen molar-refractivity contribution in [2.24, 2.45) is 7.05 Å². The lowest BCUT2D eigenvalue weighted by atomic mass is 9.88. The lowest BCUT2D eigenvalue weighted by molar-refractivity contribution is -0.136. The highest BCUT2D eigenvalue weighted by Crippen LogP contribution is 2.41. The van der Waals surface area contributed by atoms with Crippen molar-refractivity contribution in [1.29, 1.82) is 0 Å². The van der Waals surface area contributed by atoms with E-state index in [1.807, 2.05) is 17.9 Å². The first-order valence-electron chi connectivity index (χ1n) is 10.4. The number of carbonyl (C=O) groups excluding carboxylic acids is 2. The van der Waals surface area contributed by atoms with Crippen LogP contribution in [0.25, 0.3) is 0 Å². The number of carbonyl (C=O) groups is 2. The zero-order valence-electron chi connectivity index (χ0n) is 18.1. The van der Waals surface area contributed by atoms with Gasteiger partial charge in [0.15, 0.2) is 5.60 Å². The first kappa shape index (κ1) is 21.0. The summed E-state index contributed by atoms with van der Waals surface area (Å²) >= 11 is 0. The van der Waals surface area contributed by atoms with Gasteiger partial charge in [-0.3, -0.25) is 19.3 Å². The van der Waals surface area contributed by atoms with Gasteiger partial charge in [-0.25, -0.2) is 4.98 Å². The minimum absolute atomic E-state index is 0.0870. The first-order valence-corrected chi connectivity index (χ1v) is 10.4.